The number of thioether (sulfide) groups is 1. The largest absolute Gasteiger partial charge is 0.490 e. The quantitative estimate of drug-likeness (QED) is 0.899. The van der Waals surface area contributed by atoms with E-state index in [-0.39, 0.29) is 0 Å². The van der Waals surface area contributed by atoms with Crippen molar-refractivity contribution in [3.63, 3.8) is 0 Å². The number of hydrogen-bond donors (Lipinski definition) is 1. The van der Waals surface area contributed by atoms with Crippen LogP contribution in [0.5, 0.6) is 11.5 Å². The van der Waals surface area contributed by atoms with Crippen molar-refractivity contribution < 1.29 is 9.47 Å². The highest BCUT2D eigenvalue weighted by Crippen LogP contribution is 2.38. The summed E-state index contributed by atoms with van der Waals surface area (Å²) >= 11 is 2.07. The Hall–Kier alpha value is -0.870. The average molecular weight is 307 g/mol. The molecule has 0 spiro atoms. The van der Waals surface area contributed by atoms with Gasteiger partial charge in [-0.2, -0.15) is 11.8 Å². The Morgan fingerprint density at radius 3 is 2.90 bits per heavy atom. The Bertz CT molecular complexity index is 460. The summed E-state index contributed by atoms with van der Waals surface area (Å²) in [6.07, 6.45) is 3.43. The molecule has 0 aromatic heterocycles. The number of rotatable bonds is 5. The molecule has 0 saturated carbocycles. The summed E-state index contributed by atoms with van der Waals surface area (Å²) in [5.41, 5.74) is 1.35. The molecule has 0 radical (unpaired) electrons. The van der Waals surface area contributed by atoms with E-state index in [1.807, 2.05) is 0 Å². The lowest BCUT2D eigenvalue weighted by atomic mass is 9.92. The summed E-state index contributed by atoms with van der Waals surface area (Å²) in [6.45, 7) is 4.80. The van der Waals surface area contributed by atoms with E-state index in [0.29, 0.717) is 6.04 Å². The summed E-state index contributed by atoms with van der Waals surface area (Å²) in [6, 6.07) is 6.93. The van der Waals surface area contributed by atoms with Gasteiger partial charge < -0.3 is 14.8 Å². The maximum atomic E-state index is 5.85. The van der Waals surface area contributed by atoms with Crippen molar-refractivity contribution >= 4 is 11.8 Å². The number of fused-ring (bicyclic) bond motifs is 1. The minimum absolute atomic E-state index is 0.442. The topological polar surface area (TPSA) is 30.5 Å². The predicted molar refractivity (Wildman–Crippen MR) is 88.5 cm³/mol. The standard InChI is InChI=1S/C17H25NO2S/c1-2-7-18-17(14-6-10-21-12-14)13-4-5-15-16(11-13)20-9-3-8-19-15/h4-5,11,14,17-18H,2-3,6-10,12H2,1H3. The lowest BCUT2D eigenvalue weighted by Crippen LogP contribution is -2.29. The number of hydrogen-bond acceptors (Lipinski definition) is 4. The van der Waals surface area contributed by atoms with Crippen LogP contribution in [0, 0.1) is 5.92 Å². The first-order valence-electron chi connectivity index (χ1n) is 8.09. The molecule has 1 fully saturated rings. The van der Waals surface area contributed by atoms with Gasteiger partial charge in [-0.1, -0.05) is 13.0 Å². The third-order valence-corrected chi connectivity index (χ3v) is 5.37. The van der Waals surface area contributed by atoms with Gasteiger partial charge in [0, 0.05) is 12.5 Å². The van der Waals surface area contributed by atoms with Crippen LogP contribution in [0.2, 0.25) is 0 Å². The Morgan fingerprint density at radius 1 is 1.29 bits per heavy atom. The summed E-state index contributed by atoms with van der Waals surface area (Å²) in [4.78, 5) is 0. The molecule has 0 aliphatic carbocycles. The average Bonchev–Trinajstić information content (AvgIpc) is 2.93. The normalized spacial score (nSPS) is 22.8. The van der Waals surface area contributed by atoms with Gasteiger partial charge in [-0.05, 0) is 54.5 Å². The van der Waals surface area contributed by atoms with Crippen molar-refractivity contribution in [3.05, 3.63) is 23.8 Å². The molecule has 2 aliphatic rings. The Labute approximate surface area is 131 Å². The fourth-order valence-corrected chi connectivity index (χ4v) is 4.34. The number of benzene rings is 1. The Morgan fingerprint density at radius 2 is 2.14 bits per heavy atom. The third kappa shape index (κ3) is 3.67. The van der Waals surface area contributed by atoms with Crippen LogP contribution < -0.4 is 14.8 Å². The highest BCUT2D eigenvalue weighted by molar-refractivity contribution is 7.99. The van der Waals surface area contributed by atoms with E-state index >= 15 is 0 Å². The van der Waals surface area contributed by atoms with Gasteiger partial charge in [-0.15, -0.1) is 0 Å². The number of nitrogens with one attached hydrogen (secondary N) is 1. The van der Waals surface area contributed by atoms with Crippen LogP contribution in [-0.4, -0.2) is 31.3 Å². The molecule has 1 aromatic carbocycles. The molecule has 2 heterocycles. The van der Waals surface area contributed by atoms with Crippen molar-refractivity contribution in [2.45, 2.75) is 32.2 Å². The number of ether oxygens (including phenoxy) is 2. The van der Waals surface area contributed by atoms with Gasteiger partial charge in [0.25, 0.3) is 0 Å². The van der Waals surface area contributed by atoms with Gasteiger partial charge in [-0.25, -0.2) is 0 Å². The molecule has 0 amide bonds. The molecule has 3 nitrogen and oxygen atoms in total. The van der Waals surface area contributed by atoms with Gasteiger partial charge in [0.1, 0.15) is 0 Å². The van der Waals surface area contributed by atoms with E-state index in [4.69, 9.17) is 9.47 Å². The van der Waals surface area contributed by atoms with Gasteiger partial charge in [-0.3, -0.25) is 0 Å². The predicted octanol–water partition coefficient (Wildman–Crippen LogP) is 3.64. The molecule has 0 bridgehead atoms. The van der Waals surface area contributed by atoms with Crippen molar-refractivity contribution in [3.8, 4) is 11.5 Å². The van der Waals surface area contributed by atoms with Crippen LogP contribution in [-0.2, 0) is 0 Å². The lowest BCUT2D eigenvalue weighted by Gasteiger charge is -2.25. The second kappa shape index (κ2) is 7.41. The van der Waals surface area contributed by atoms with Crippen LogP contribution in [0.1, 0.15) is 37.8 Å². The SMILES string of the molecule is CCCNC(c1ccc2c(c1)OCCCO2)C1CCSC1. The summed E-state index contributed by atoms with van der Waals surface area (Å²) in [7, 11) is 0. The second-order valence-electron chi connectivity index (χ2n) is 5.81. The van der Waals surface area contributed by atoms with Gasteiger partial charge in [0.05, 0.1) is 13.2 Å². The van der Waals surface area contributed by atoms with Crippen LogP contribution in [0.3, 0.4) is 0 Å². The molecule has 1 aromatic rings. The van der Waals surface area contributed by atoms with Gasteiger partial charge in [0.15, 0.2) is 11.5 Å². The molecule has 2 aliphatic heterocycles. The fourth-order valence-electron chi connectivity index (χ4n) is 3.05. The summed E-state index contributed by atoms with van der Waals surface area (Å²) < 4.78 is 11.6. The van der Waals surface area contributed by atoms with Crippen LogP contribution in [0.15, 0.2) is 18.2 Å². The molecule has 2 atom stereocenters. The lowest BCUT2D eigenvalue weighted by molar-refractivity contribution is 0.296. The molecule has 2 unspecified atom stereocenters. The van der Waals surface area contributed by atoms with Crippen molar-refractivity contribution in [1.29, 1.82) is 0 Å². The summed E-state index contributed by atoms with van der Waals surface area (Å²) in [5.74, 6) is 5.09. The molecule has 3 rings (SSSR count). The Balaban J connectivity index is 1.82. The van der Waals surface area contributed by atoms with Crippen LogP contribution in [0.4, 0.5) is 0 Å². The maximum Gasteiger partial charge on any atom is 0.161 e. The highest BCUT2D eigenvalue weighted by atomic mass is 32.2. The monoisotopic (exact) mass is 307 g/mol. The van der Waals surface area contributed by atoms with E-state index in [1.54, 1.807) is 0 Å². The van der Waals surface area contributed by atoms with E-state index in [9.17, 15) is 0 Å². The maximum absolute atomic E-state index is 5.85. The molecule has 4 heteroatoms. The van der Waals surface area contributed by atoms with Crippen LogP contribution >= 0.6 is 11.8 Å². The van der Waals surface area contributed by atoms with E-state index in [2.05, 4.69) is 42.2 Å². The fraction of sp³-hybridized carbons (Fsp3) is 0.647. The first-order chi connectivity index (χ1) is 10.4. The molecular formula is C17H25NO2S. The van der Waals surface area contributed by atoms with E-state index in [1.165, 1.54) is 29.9 Å². The van der Waals surface area contributed by atoms with E-state index < -0.39 is 0 Å². The Kier molecular flexibility index (Phi) is 5.31. The molecule has 116 valence electrons. The van der Waals surface area contributed by atoms with Gasteiger partial charge in [0.2, 0.25) is 0 Å². The zero-order valence-electron chi connectivity index (χ0n) is 12.8. The zero-order chi connectivity index (χ0) is 14.5. The van der Waals surface area contributed by atoms with Crippen molar-refractivity contribution in [1.82, 2.24) is 5.32 Å². The van der Waals surface area contributed by atoms with Crippen molar-refractivity contribution in [2.24, 2.45) is 5.92 Å². The first-order valence-corrected chi connectivity index (χ1v) is 9.24. The highest BCUT2D eigenvalue weighted by Gasteiger charge is 2.27. The molecule has 1 N–H and O–H groups in total. The minimum Gasteiger partial charge on any atom is -0.490 e. The third-order valence-electron chi connectivity index (χ3n) is 4.18. The molecular weight excluding hydrogens is 282 g/mol. The van der Waals surface area contributed by atoms with Crippen molar-refractivity contribution in [2.75, 3.05) is 31.3 Å². The zero-order valence-corrected chi connectivity index (χ0v) is 13.6. The molecule has 1 saturated heterocycles. The summed E-state index contributed by atoms with van der Waals surface area (Å²) in [5, 5.41) is 3.74. The smallest absolute Gasteiger partial charge is 0.161 e. The van der Waals surface area contributed by atoms with Crippen LogP contribution in [0.25, 0.3) is 0 Å². The first kappa shape index (κ1) is 15.0. The minimum atomic E-state index is 0.442. The van der Waals surface area contributed by atoms with E-state index in [0.717, 1.165) is 43.6 Å². The molecule has 21 heavy (non-hydrogen) atoms. The van der Waals surface area contributed by atoms with Gasteiger partial charge >= 0.3 is 0 Å². The second-order valence-corrected chi connectivity index (χ2v) is 6.96.